The van der Waals surface area contributed by atoms with E-state index in [4.69, 9.17) is 16.2 Å². The second kappa shape index (κ2) is 11.5. The number of nitrogens with two attached hydrogens (primary N) is 2. The third kappa shape index (κ3) is 8.64. The summed E-state index contributed by atoms with van der Waals surface area (Å²) >= 11 is 0. The van der Waals surface area contributed by atoms with Crippen LogP contribution in [0.1, 0.15) is 6.42 Å². The Labute approximate surface area is 126 Å². The van der Waals surface area contributed by atoms with E-state index in [9.17, 15) is 5.11 Å². The zero-order valence-corrected chi connectivity index (χ0v) is 12.5. The number of aliphatic hydroxyl groups excluding tert-OH is 1. The van der Waals surface area contributed by atoms with Crippen LogP contribution in [0.4, 0.5) is 0 Å². The molecule has 0 saturated carbocycles. The van der Waals surface area contributed by atoms with Crippen LogP contribution in [0.3, 0.4) is 0 Å². The van der Waals surface area contributed by atoms with Gasteiger partial charge in [0.2, 0.25) is 0 Å². The van der Waals surface area contributed by atoms with Crippen molar-refractivity contribution in [1.82, 2.24) is 10.6 Å². The average molecular weight is 296 g/mol. The Kier molecular flexibility index (Phi) is 9.77. The van der Waals surface area contributed by atoms with Crippen LogP contribution in [0.5, 0.6) is 5.75 Å². The molecule has 2 atom stereocenters. The van der Waals surface area contributed by atoms with Crippen molar-refractivity contribution < 1.29 is 9.84 Å². The number of ether oxygens (including phenoxy) is 1. The maximum atomic E-state index is 10.1. The van der Waals surface area contributed by atoms with Gasteiger partial charge >= 0.3 is 0 Å². The fourth-order valence-electron chi connectivity index (χ4n) is 2.01. The van der Waals surface area contributed by atoms with Crippen molar-refractivity contribution in [1.29, 1.82) is 0 Å². The van der Waals surface area contributed by atoms with Gasteiger partial charge in [0.25, 0.3) is 0 Å². The quantitative estimate of drug-likeness (QED) is 0.326. The van der Waals surface area contributed by atoms with Gasteiger partial charge in [0.05, 0.1) is 6.10 Å². The van der Waals surface area contributed by atoms with Crippen LogP contribution in [0.2, 0.25) is 0 Å². The molecule has 120 valence electrons. The van der Waals surface area contributed by atoms with E-state index in [-0.39, 0.29) is 12.6 Å². The SMILES string of the molecule is NCCNCC(CC(O)COc1ccccc1)NCCN. The Morgan fingerprint density at radius 2 is 1.81 bits per heavy atom. The van der Waals surface area contributed by atoms with E-state index >= 15 is 0 Å². The van der Waals surface area contributed by atoms with E-state index in [0.717, 1.165) is 25.4 Å². The fraction of sp³-hybridized carbons (Fsp3) is 0.600. The number of benzene rings is 1. The summed E-state index contributed by atoms with van der Waals surface area (Å²) in [5.74, 6) is 0.768. The summed E-state index contributed by atoms with van der Waals surface area (Å²) in [7, 11) is 0. The van der Waals surface area contributed by atoms with Crippen LogP contribution >= 0.6 is 0 Å². The van der Waals surface area contributed by atoms with Gasteiger partial charge in [-0.2, -0.15) is 0 Å². The van der Waals surface area contributed by atoms with E-state index in [1.807, 2.05) is 30.3 Å². The molecule has 0 saturated heterocycles. The van der Waals surface area contributed by atoms with Gasteiger partial charge in [-0.05, 0) is 18.6 Å². The van der Waals surface area contributed by atoms with Crippen LogP contribution in [-0.4, -0.2) is 56.6 Å². The first-order chi connectivity index (χ1) is 10.3. The average Bonchev–Trinajstić information content (AvgIpc) is 2.51. The van der Waals surface area contributed by atoms with Crippen LogP contribution in [0, 0.1) is 0 Å². The van der Waals surface area contributed by atoms with E-state index in [1.54, 1.807) is 0 Å². The lowest BCUT2D eigenvalue weighted by Crippen LogP contribution is -2.44. The Bertz CT molecular complexity index is 351. The highest BCUT2D eigenvalue weighted by atomic mass is 16.5. The number of rotatable bonds is 12. The number of nitrogens with one attached hydrogen (secondary N) is 2. The van der Waals surface area contributed by atoms with E-state index in [0.29, 0.717) is 19.5 Å². The summed E-state index contributed by atoms with van der Waals surface area (Å²) in [6, 6.07) is 9.64. The highest BCUT2D eigenvalue weighted by Crippen LogP contribution is 2.09. The summed E-state index contributed by atoms with van der Waals surface area (Å²) in [5.41, 5.74) is 11.0. The summed E-state index contributed by atoms with van der Waals surface area (Å²) in [6.45, 7) is 3.69. The van der Waals surface area contributed by atoms with Crippen molar-refractivity contribution in [3.05, 3.63) is 30.3 Å². The molecular weight excluding hydrogens is 268 g/mol. The third-order valence-corrected chi connectivity index (χ3v) is 3.03. The molecule has 0 aromatic heterocycles. The van der Waals surface area contributed by atoms with Crippen molar-refractivity contribution in [3.63, 3.8) is 0 Å². The molecule has 0 aliphatic heterocycles. The standard InChI is InChI=1S/C15H28N4O2/c16-6-8-18-11-13(19-9-7-17)10-14(20)12-21-15-4-2-1-3-5-15/h1-5,13-14,18-20H,6-12,16-17H2. The minimum Gasteiger partial charge on any atom is -0.491 e. The molecule has 0 aliphatic rings. The first-order valence-electron chi connectivity index (χ1n) is 7.46. The third-order valence-electron chi connectivity index (χ3n) is 3.03. The molecule has 0 fully saturated rings. The lowest BCUT2D eigenvalue weighted by molar-refractivity contribution is 0.0900. The van der Waals surface area contributed by atoms with Crippen LogP contribution < -0.4 is 26.8 Å². The minimum absolute atomic E-state index is 0.148. The van der Waals surface area contributed by atoms with Crippen LogP contribution in [0.15, 0.2) is 30.3 Å². The summed E-state index contributed by atoms with van der Waals surface area (Å²) in [5, 5.41) is 16.6. The second-order valence-corrected chi connectivity index (χ2v) is 4.95. The number of hydrogen-bond donors (Lipinski definition) is 5. The van der Waals surface area contributed by atoms with Gasteiger partial charge in [-0.1, -0.05) is 18.2 Å². The Balaban J connectivity index is 2.30. The summed E-state index contributed by atoms with van der Waals surface area (Å²) in [6.07, 6.45) is 0.0740. The molecule has 0 heterocycles. The Morgan fingerprint density at radius 3 is 2.48 bits per heavy atom. The van der Waals surface area contributed by atoms with Gasteiger partial charge in [-0.3, -0.25) is 0 Å². The highest BCUT2D eigenvalue weighted by molar-refractivity contribution is 5.20. The minimum atomic E-state index is -0.528. The van der Waals surface area contributed by atoms with Gasteiger partial charge in [0.15, 0.2) is 0 Å². The molecule has 21 heavy (non-hydrogen) atoms. The Morgan fingerprint density at radius 1 is 1.10 bits per heavy atom. The monoisotopic (exact) mass is 296 g/mol. The number of hydrogen-bond acceptors (Lipinski definition) is 6. The molecule has 6 nitrogen and oxygen atoms in total. The molecule has 1 aromatic carbocycles. The van der Waals surface area contributed by atoms with Crippen molar-refractivity contribution >= 4 is 0 Å². The first kappa shape index (κ1) is 17.9. The molecule has 1 rings (SSSR count). The topological polar surface area (TPSA) is 106 Å². The normalized spacial score (nSPS) is 13.9. The zero-order chi connectivity index (χ0) is 15.3. The molecule has 0 radical (unpaired) electrons. The Hall–Kier alpha value is -1.18. The lowest BCUT2D eigenvalue weighted by Gasteiger charge is -2.22. The molecule has 0 spiro atoms. The predicted octanol–water partition coefficient (Wildman–Crippen LogP) is -0.718. The number of aliphatic hydroxyl groups is 1. The van der Waals surface area contributed by atoms with Gasteiger partial charge in [0, 0.05) is 38.8 Å². The molecule has 7 N–H and O–H groups in total. The molecular formula is C15H28N4O2. The second-order valence-electron chi connectivity index (χ2n) is 4.95. The molecule has 2 unspecified atom stereocenters. The molecule has 0 aliphatic carbocycles. The van der Waals surface area contributed by atoms with Gasteiger partial charge in [-0.25, -0.2) is 0 Å². The zero-order valence-electron chi connectivity index (χ0n) is 12.5. The molecule has 1 aromatic rings. The highest BCUT2D eigenvalue weighted by Gasteiger charge is 2.14. The maximum Gasteiger partial charge on any atom is 0.119 e. The largest absolute Gasteiger partial charge is 0.491 e. The van der Waals surface area contributed by atoms with E-state index in [1.165, 1.54) is 0 Å². The van der Waals surface area contributed by atoms with Crippen molar-refractivity contribution in [2.45, 2.75) is 18.6 Å². The van der Waals surface area contributed by atoms with Crippen molar-refractivity contribution in [2.24, 2.45) is 11.5 Å². The summed E-state index contributed by atoms with van der Waals surface area (Å²) < 4.78 is 5.56. The van der Waals surface area contributed by atoms with Gasteiger partial charge < -0.3 is 31.9 Å². The molecule has 0 amide bonds. The molecule has 6 heteroatoms. The van der Waals surface area contributed by atoms with Gasteiger partial charge in [-0.15, -0.1) is 0 Å². The van der Waals surface area contributed by atoms with Gasteiger partial charge in [0.1, 0.15) is 12.4 Å². The smallest absolute Gasteiger partial charge is 0.119 e. The lowest BCUT2D eigenvalue weighted by atomic mass is 10.1. The fourth-order valence-corrected chi connectivity index (χ4v) is 2.01. The van der Waals surface area contributed by atoms with E-state index < -0.39 is 6.10 Å². The van der Waals surface area contributed by atoms with Crippen molar-refractivity contribution in [3.8, 4) is 5.75 Å². The molecule has 0 bridgehead atoms. The maximum absolute atomic E-state index is 10.1. The predicted molar refractivity (Wildman–Crippen MR) is 85.3 cm³/mol. The number of para-hydroxylation sites is 1. The summed E-state index contributed by atoms with van der Waals surface area (Å²) in [4.78, 5) is 0. The van der Waals surface area contributed by atoms with Crippen LogP contribution in [0.25, 0.3) is 0 Å². The van der Waals surface area contributed by atoms with Crippen LogP contribution in [-0.2, 0) is 0 Å². The van der Waals surface area contributed by atoms with Crippen molar-refractivity contribution in [2.75, 3.05) is 39.3 Å². The first-order valence-corrected chi connectivity index (χ1v) is 7.46. The van der Waals surface area contributed by atoms with E-state index in [2.05, 4.69) is 10.6 Å².